The van der Waals surface area contributed by atoms with E-state index >= 15 is 0 Å². The van der Waals surface area contributed by atoms with E-state index in [0.717, 1.165) is 18.3 Å². The van der Waals surface area contributed by atoms with E-state index in [4.69, 9.17) is 0 Å². The van der Waals surface area contributed by atoms with E-state index in [1.54, 1.807) is 11.8 Å². The standard InChI is InChI=1S/C13H8N2O3S4/c1-4-2-5-8(10(17)14-4)21-12(19-5)13-20-6-3-7(16)15-11(18)9(6)22-13/h1-3H2,(H,14,17)(H,15,16,18)/b13-12-. The summed E-state index contributed by atoms with van der Waals surface area (Å²) in [6, 6.07) is 0. The molecule has 2 N–H and O–H groups in total. The summed E-state index contributed by atoms with van der Waals surface area (Å²) in [5.74, 6) is -0.697. The van der Waals surface area contributed by atoms with Crippen LogP contribution < -0.4 is 10.6 Å². The SMILES string of the molecule is C=C1CC2=C(S/C(=C3/SC4=C(S3)C(=O)NC(=O)C4)S2)C(=O)N1. The molecular weight excluding hydrogens is 360 g/mol. The van der Waals surface area contributed by atoms with Crippen LogP contribution in [-0.2, 0) is 14.4 Å². The highest BCUT2D eigenvalue weighted by molar-refractivity contribution is 8.34. The maximum atomic E-state index is 12.0. The number of amides is 3. The third-order valence-electron chi connectivity index (χ3n) is 3.15. The molecule has 3 amide bonds. The van der Waals surface area contributed by atoms with Gasteiger partial charge in [0.05, 0.1) is 24.7 Å². The van der Waals surface area contributed by atoms with Gasteiger partial charge in [-0.25, -0.2) is 0 Å². The number of carbonyl (C=O) groups is 3. The van der Waals surface area contributed by atoms with Gasteiger partial charge in [0.25, 0.3) is 11.8 Å². The molecule has 0 fully saturated rings. The summed E-state index contributed by atoms with van der Waals surface area (Å²) in [6.45, 7) is 3.81. The lowest BCUT2D eigenvalue weighted by Crippen LogP contribution is -2.34. The van der Waals surface area contributed by atoms with Crippen molar-refractivity contribution in [2.24, 2.45) is 0 Å². The van der Waals surface area contributed by atoms with Gasteiger partial charge in [0.2, 0.25) is 5.91 Å². The van der Waals surface area contributed by atoms with Crippen LogP contribution in [0.5, 0.6) is 0 Å². The van der Waals surface area contributed by atoms with Crippen molar-refractivity contribution in [3.05, 3.63) is 40.4 Å². The van der Waals surface area contributed by atoms with Crippen LogP contribution in [0.2, 0.25) is 0 Å². The van der Waals surface area contributed by atoms with Crippen LogP contribution in [-0.4, -0.2) is 17.7 Å². The Balaban J connectivity index is 1.60. The number of hydrogen-bond acceptors (Lipinski definition) is 7. The quantitative estimate of drug-likeness (QED) is 0.637. The highest BCUT2D eigenvalue weighted by Crippen LogP contribution is 2.61. The average molecular weight is 368 g/mol. The van der Waals surface area contributed by atoms with Gasteiger partial charge in [-0.2, -0.15) is 0 Å². The molecule has 0 radical (unpaired) electrons. The smallest absolute Gasteiger partial charge is 0.265 e. The van der Waals surface area contributed by atoms with Crippen LogP contribution in [0, 0.1) is 0 Å². The first-order valence-electron chi connectivity index (χ1n) is 6.26. The van der Waals surface area contributed by atoms with E-state index in [1.165, 1.54) is 35.3 Å². The van der Waals surface area contributed by atoms with Crippen LogP contribution in [0.15, 0.2) is 40.4 Å². The van der Waals surface area contributed by atoms with Crippen LogP contribution >= 0.6 is 47.0 Å². The zero-order valence-electron chi connectivity index (χ0n) is 11.0. The summed E-state index contributed by atoms with van der Waals surface area (Å²) in [7, 11) is 0. The molecular formula is C13H8N2O3S4. The third-order valence-corrected chi connectivity index (χ3v) is 8.94. The molecule has 22 heavy (non-hydrogen) atoms. The first-order valence-corrected chi connectivity index (χ1v) is 9.53. The highest BCUT2D eigenvalue weighted by Gasteiger charge is 2.38. The Morgan fingerprint density at radius 3 is 1.95 bits per heavy atom. The van der Waals surface area contributed by atoms with Crippen molar-refractivity contribution < 1.29 is 14.4 Å². The molecule has 0 spiro atoms. The molecule has 0 aromatic rings. The number of nitrogens with one attached hydrogen (secondary N) is 2. The summed E-state index contributed by atoms with van der Waals surface area (Å²) < 4.78 is 1.97. The molecule has 5 nitrogen and oxygen atoms in total. The van der Waals surface area contributed by atoms with Crippen LogP contribution in [0.1, 0.15) is 12.8 Å². The fourth-order valence-corrected chi connectivity index (χ4v) is 7.80. The molecule has 0 saturated heterocycles. The molecule has 0 aromatic heterocycles. The van der Waals surface area contributed by atoms with Crippen molar-refractivity contribution in [2.45, 2.75) is 12.8 Å². The van der Waals surface area contributed by atoms with E-state index in [-0.39, 0.29) is 24.1 Å². The lowest BCUT2D eigenvalue weighted by atomic mass is 10.2. The second kappa shape index (κ2) is 5.26. The van der Waals surface area contributed by atoms with E-state index in [0.29, 0.717) is 21.9 Å². The van der Waals surface area contributed by atoms with Gasteiger partial charge in [-0.1, -0.05) is 53.6 Å². The van der Waals surface area contributed by atoms with Gasteiger partial charge in [0.15, 0.2) is 0 Å². The number of allylic oxidation sites excluding steroid dienone is 1. The first-order chi connectivity index (χ1) is 10.5. The molecule has 0 aromatic carbocycles. The van der Waals surface area contributed by atoms with Crippen LogP contribution in [0.25, 0.3) is 0 Å². The van der Waals surface area contributed by atoms with Crippen molar-refractivity contribution >= 4 is 64.8 Å². The maximum Gasteiger partial charge on any atom is 0.265 e. The van der Waals surface area contributed by atoms with Gasteiger partial charge in [0, 0.05) is 21.9 Å². The van der Waals surface area contributed by atoms with Crippen molar-refractivity contribution in [2.75, 3.05) is 0 Å². The molecule has 112 valence electrons. The molecule has 4 aliphatic heterocycles. The zero-order chi connectivity index (χ0) is 15.4. The zero-order valence-corrected chi connectivity index (χ0v) is 14.2. The van der Waals surface area contributed by atoms with E-state index < -0.39 is 0 Å². The van der Waals surface area contributed by atoms with Gasteiger partial charge in [0.1, 0.15) is 0 Å². The Kier molecular flexibility index (Phi) is 3.48. The van der Waals surface area contributed by atoms with Crippen LogP contribution in [0.3, 0.4) is 0 Å². The fraction of sp³-hybridized carbons (Fsp3) is 0.154. The number of hydrogen-bond donors (Lipinski definition) is 2. The average Bonchev–Trinajstić information content (AvgIpc) is 3.01. The summed E-state index contributed by atoms with van der Waals surface area (Å²) in [5, 5.41) is 5.08. The minimum Gasteiger partial charge on any atom is -0.325 e. The van der Waals surface area contributed by atoms with Crippen molar-refractivity contribution in [1.29, 1.82) is 0 Å². The molecule has 4 rings (SSSR count). The van der Waals surface area contributed by atoms with Gasteiger partial charge in [-0.15, -0.1) is 0 Å². The van der Waals surface area contributed by atoms with E-state index in [1.807, 2.05) is 0 Å². The first kappa shape index (κ1) is 14.6. The fourth-order valence-electron chi connectivity index (χ4n) is 2.23. The Hall–Kier alpha value is -1.03. The van der Waals surface area contributed by atoms with Crippen molar-refractivity contribution in [3.63, 3.8) is 0 Å². The molecule has 0 saturated carbocycles. The van der Waals surface area contributed by atoms with Gasteiger partial charge in [-0.05, 0) is 0 Å². The van der Waals surface area contributed by atoms with Gasteiger partial charge >= 0.3 is 0 Å². The largest absolute Gasteiger partial charge is 0.325 e. The monoisotopic (exact) mass is 368 g/mol. The molecule has 0 unspecified atom stereocenters. The minimum atomic E-state index is -0.323. The summed E-state index contributed by atoms with van der Waals surface area (Å²) in [4.78, 5) is 38.4. The second-order valence-corrected chi connectivity index (χ2v) is 9.54. The number of imide groups is 1. The van der Waals surface area contributed by atoms with E-state index in [2.05, 4.69) is 17.2 Å². The van der Waals surface area contributed by atoms with Crippen LogP contribution in [0.4, 0.5) is 0 Å². The molecule has 0 atom stereocenters. The third kappa shape index (κ3) is 2.36. The summed E-state index contributed by atoms with van der Waals surface area (Å²) >= 11 is 5.85. The number of thioether (sulfide) groups is 4. The Bertz CT molecular complexity index is 714. The molecule has 9 heteroatoms. The maximum absolute atomic E-state index is 12.0. The minimum absolute atomic E-state index is 0.113. The molecule has 0 bridgehead atoms. The number of rotatable bonds is 0. The predicted molar refractivity (Wildman–Crippen MR) is 91.1 cm³/mol. The Labute approximate surface area is 142 Å². The lowest BCUT2D eigenvalue weighted by molar-refractivity contribution is -0.128. The normalized spacial score (nSPS) is 28.0. The lowest BCUT2D eigenvalue weighted by Gasteiger charge is -2.14. The summed E-state index contributed by atoms with van der Waals surface area (Å²) in [6.07, 6.45) is 0.895. The Morgan fingerprint density at radius 1 is 0.773 bits per heavy atom. The predicted octanol–water partition coefficient (Wildman–Crippen LogP) is 2.58. The molecule has 4 heterocycles. The molecule has 4 aliphatic rings. The topological polar surface area (TPSA) is 75.3 Å². The molecule has 0 aliphatic carbocycles. The Morgan fingerprint density at radius 2 is 1.32 bits per heavy atom. The van der Waals surface area contributed by atoms with Crippen molar-refractivity contribution in [1.82, 2.24) is 10.6 Å². The van der Waals surface area contributed by atoms with Gasteiger partial charge in [-0.3, -0.25) is 19.7 Å². The van der Waals surface area contributed by atoms with Crippen molar-refractivity contribution in [3.8, 4) is 0 Å². The number of carbonyl (C=O) groups excluding carboxylic acids is 3. The van der Waals surface area contributed by atoms with Gasteiger partial charge < -0.3 is 5.32 Å². The second-order valence-electron chi connectivity index (χ2n) is 4.78. The van der Waals surface area contributed by atoms with E-state index in [9.17, 15) is 14.4 Å². The highest BCUT2D eigenvalue weighted by atomic mass is 32.2. The summed E-state index contributed by atoms with van der Waals surface area (Å²) in [5.41, 5.74) is 0.706.